The molecule has 1 aliphatic rings. The summed E-state index contributed by atoms with van der Waals surface area (Å²) in [6.45, 7) is 8.45. The highest BCUT2D eigenvalue weighted by molar-refractivity contribution is 6.04. The van der Waals surface area contributed by atoms with Crippen molar-refractivity contribution >= 4 is 28.4 Å². The molecule has 254 valence electrons. The van der Waals surface area contributed by atoms with Crippen LogP contribution >= 0.6 is 0 Å². The number of amides is 2. The Morgan fingerprint density at radius 2 is 1.63 bits per heavy atom. The van der Waals surface area contributed by atoms with Crippen LogP contribution in [0, 0.1) is 24.4 Å². The topological polar surface area (TPSA) is 102 Å². The first kappa shape index (κ1) is 33.5. The highest BCUT2D eigenvalue weighted by Gasteiger charge is 2.25. The van der Waals surface area contributed by atoms with Gasteiger partial charge in [-0.2, -0.15) is 0 Å². The number of anilines is 1. The zero-order valence-corrected chi connectivity index (χ0v) is 27.5. The normalized spacial score (nSPS) is 13.6. The van der Waals surface area contributed by atoms with Gasteiger partial charge in [-0.25, -0.2) is 23.1 Å². The van der Waals surface area contributed by atoms with Crippen molar-refractivity contribution in [3.05, 3.63) is 107 Å². The quantitative estimate of drug-likeness (QED) is 0.179. The minimum absolute atomic E-state index is 0.0482. The fraction of sp³-hybridized carbons (Fsp3) is 0.278. The number of halogens is 3. The number of ether oxygens (including phenoxy) is 2. The van der Waals surface area contributed by atoms with Crippen LogP contribution in [0.25, 0.3) is 10.9 Å². The third kappa shape index (κ3) is 7.36. The summed E-state index contributed by atoms with van der Waals surface area (Å²) >= 11 is 0. The van der Waals surface area contributed by atoms with Crippen molar-refractivity contribution in [3.63, 3.8) is 0 Å². The first-order valence-corrected chi connectivity index (χ1v) is 15.8. The molecule has 1 saturated heterocycles. The SMILES string of the molecule is Cc1c(F)cc(C(=O)Nc2ccc(Oc3ccc4cc(C(=O)N5CCN(Cc6ccc(OC(C)C)nc6)CC5)n(C)c4c3)nc2)c(F)c1F. The molecule has 0 saturated carbocycles. The fourth-order valence-corrected chi connectivity index (χ4v) is 5.61. The lowest BCUT2D eigenvalue weighted by molar-refractivity contribution is 0.0619. The second-order valence-corrected chi connectivity index (χ2v) is 12.1. The highest BCUT2D eigenvalue weighted by Crippen LogP contribution is 2.28. The molecule has 1 fully saturated rings. The average molecular weight is 673 g/mol. The van der Waals surface area contributed by atoms with Crippen LogP contribution in [0.5, 0.6) is 17.5 Å². The van der Waals surface area contributed by atoms with Crippen molar-refractivity contribution in [2.45, 2.75) is 33.4 Å². The van der Waals surface area contributed by atoms with Crippen LogP contribution in [-0.2, 0) is 13.6 Å². The molecule has 10 nitrogen and oxygen atoms in total. The van der Waals surface area contributed by atoms with Crippen molar-refractivity contribution in [1.29, 1.82) is 0 Å². The molecular formula is C36H35F3N6O4. The molecule has 0 spiro atoms. The van der Waals surface area contributed by atoms with Crippen LogP contribution in [0.1, 0.15) is 45.8 Å². The minimum Gasteiger partial charge on any atom is -0.475 e. The molecule has 0 atom stereocenters. The number of aryl methyl sites for hydroxylation is 1. The molecule has 0 aliphatic carbocycles. The number of carbonyl (C=O) groups is 2. The van der Waals surface area contributed by atoms with Gasteiger partial charge in [0.05, 0.1) is 29.1 Å². The van der Waals surface area contributed by atoms with E-state index in [1.807, 2.05) is 60.8 Å². The average Bonchev–Trinajstić information content (AvgIpc) is 3.42. The smallest absolute Gasteiger partial charge is 0.270 e. The van der Waals surface area contributed by atoms with E-state index in [0.29, 0.717) is 36.5 Å². The van der Waals surface area contributed by atoms with Gasteiger partial charge in [-0.3, -0.25) is 14.5 Å². The summed E-state index contributed by atoms with van der Waals surface area (Å²) in [4.78, 5) is 38.8. The van der Waals surface area contributed by atoms with Gasteiger partial charge in [-0.1, -0.05) is 6.07 Å². The van der Waals surface area contributed by atoms with Crippen molar-refractivity contribution in [1.82, 2.24) is 24.3 Å². The van der Waals surface area contributed by atoms with E-state index in [4.69, 9.17) is 9.47 Å². The van der Waals surface area contributed by atoms with Crippen LogP contribution in [0.3, 0.4) is 0 Å². The summed E-state index contributed by atoms with van der Waals surface area (Å²) in [5.74, 6) is -3.67. The Labute approximate surface area is 281 Å². The Morgan fingerprint density at radius 3 is 2.31 bits per heavy atom. The van der Waals surface area contributed by atoms with Gasteiger partial charge in [0, 0.05) is 75.1 Å². The van der Waals surface area contributed by atoms with Crippen LogP contribution < -0.4 is 14.8 Å². The largest absolute Gasteiger partial charge is 0.475 e. The first-order chi connectivity index (χ1) is 23.5. The molecule has 49 heavy (non-hydrogen) atoms. The lowest BCUT2D eigenvalue weighted by Gasteiger charge is -2.34. The van der Waals surface area contributed by atoms with Gasteiger partial charge in [0.1, 0.15) is 17.3 Å². The number of benzene rings is 2. The van der Waals surface area contributed by atoms with E-state index in [0.717, 1.165) is 43.0 Å². The fourth-order valence-electron chi connectivity index (χ4n) is 5.61. The Bertz CT molecular complexity index is 2010. The predicted molar refractivity (Wildman–Crippen MR) is 177 cm³/mol. The molecule has 2 amide bonds. The lowest BCUT2D eigenvalue weighted by atomic mass is 10.1. The van der Waals surface area contributed by atoms with Crippen LogP contribution in [0.15, 0.2) is 67.0 Å². The van der Waals surface area contributed by atoms with Gasteiger partial charge in [0.15, 0.2) is 11.6 Å². The maximum absolute atomic E-state index is 14.2. The van der Waals surface area contributed by atoms with Crippen LogP contribution in [0.2, 0.25) is 0 Å². The number of nitrogens with one attached hydrogen (secondary N) is 1. The molecule has 3 aromatic heterocycles. The summed E-state index contributed by atoms with van der Waals surface area (Å²) in [5, 5.41) is 3.25. The van der Waals surface area contributed by atoms with Gasteiger partial charge in [0.25, 0.3) is 11.8 Å². The molecule has 0 unspecified atom stereocenters. The molecule has 2 aromatic carbocycles. The van der Waals surface area contributed by atoms with Crippen molar-refractivity contribution in [2.75, 3.05) is 31.5 Å². The number of piperazine rings is 1. The Morgan fingerprint density at radius 1 is 0.898 bits per heavy atom. The number of aromatic nitrogens is 3. The zero-order valence-electron chi connectivity index (χ0n) is 27.5. The van der Waals surface area contributed by atoms with Crippen molar-refractivity contribution in [3.8, 4) is 17.5 Å². The lowest BCUT2D eigenvalue weighted by Crippen LogP contribution is -2.48. The summed E-state index contributed by atoms with van der Waals surface area (Å²) in [6.07, 6.45) is 3.18. The van der Waals surface area contributed by atoms with E-state index in [2.05, 4.69) is 20.2 Å². The monoisotopic (exact) mass is 672 g/mol. The molecule has 1 aliphatic heterocycles. The molecule has 5 aromatic rings. The number of nitrogens with zero attached hydrogens (tertiary/aromatic N) is 5. The Hall–Kier alpha value is -5.43. The maximum atomic E-state index is 14.2. The molecule has 0 radical (unpaired) electrons. The zero-order chi connectivity index (χ0) is 34.8. The standard InChI is InChI=1S/C36H35F3N6O4/c1-21(2)48-31-9-5-23(18-40-31)20-44-11-13-45(14-12-44)36(47)30-15-24-6-8-26(16-29(24)43(30)4)49-32-10-7-25(19-41-32)42-35(46)27-17-28(37)22(3)33(38)34(27)39/h5-10,15-19,21H,11-14,20H2,1-4H3,(H,42,46). The highest BCUT2D eigenvalue weighted by atomic mass is 19.2. The van der Waals surface area contributed by atoms with Gasteiger partial charge in [-0.15, -0.1) is 0 Å². The summed E-state index contributed by atoms with van der Waals surface area (Å²) < 4.78 is 55.4. The second-order valence-electron chi connectivity index (χ2n) is 12.1. The molecule has 0 bridgehead atoms. The van der Waals surface area contributed by atoms with E-state index in [-0.39, 0.29) is 23.6 Å². The summed E-state index contributed by atoms with van der Waals surface area (Å²) in [7, 11) is 1.83. The molecule has 13 heteroatoms. The third-order valence-corrected chi connectivity index (χ3v) is 8.30. The maximum Gasteiger partial charge on any atom is 0.270 e. The van der Waals surface area contributed by atoms with Gasteiger partial charge >= 0.3 is 0 Å². The molecule has 4 heterocycles. The van der Waals surface area contributed by atoms with E-state index in [1.54, 1.807) is 12.1 Å². The van der Waals surface area contributed by atoms with E-state index >= 15 is 0 Å². The van der Waals surface area contributed by atoms with Gasteiger partial charge in [-0.05, 0) is 56.7 Å². The third-order valence-electron chi connectivity index (χ3n) is 8.30. The Balaban J connectivity index is 1.06. The van der Waals surface area contributed by atoms with Crippen LogP contribution in [0.4, 0.5) is 18.9 Å². The minimum atomic E-state index is -1.43. The molecular weight excluding hydrogens is 637 g/mol. The number of pyridine rings is 2. The van der Waals surface area contributed by atoms with Gasteiger partial charge < -0.3 is 24.3 Å². The van der Waals surface area contributed by atoms with E-state index in [9.17, 15) is 22.8 Å². The number of hydrogen-bond acceptors (Lipinski definition) is 7. The van der Waals surface area contributed by atoms with Crippen molar-refractivity contribution < 1.29 is 32.2 Å². The van der Waals surface area contributed by atoms with Gasteiger partial charge in [0.2, 0.25) is 11.8 Å². The van der Waals surface area contributed by atoms with E-state index in [1.165, 1.54) is 18.3 Å². The summed E-state index contributed by atoms with van der Waals surface area (Å²) in [6, 6.07) is 14.8. The van der Waals surface area contributed by atoms with Crippen molar-refractivity contribution in [2.24, 2.45) is 7.05 Å². The molecule has 1 N–H and O–H groups in total. The van der Waals surface area contributed by atoms with E-state index < -0.39 is 34.5 Å². The summed E-state index contributed by atoms with van der Waals surface area (Å²) in [5.41, 5.74) is 1.35. The molecule has 6 rings (SSSR count). The number of rotatable bonds is 9. The predicted octanol–water partition coefficient (Wildman–Crippen LogP) is 6.48. The second kappa shape index (κ2) is 14.0. The van der Waals surface area contributed by atoms with Crippen LogP contribution in [-0.4, -0.2) is 68.4 Å². The number of hydrogen-bond donors (Lipinski definition) is 1. The first-order valence-electron chi connectivity index (χ1n) is 15.8. The number of carbonyl (C=O) groups excluding carboxylic acids is 2. The Kier molecular flexibility index (Phi) is 9.54. The number of fused-ring (bicyclic) bond motifs is 1.